The molecule has 3 aromatic heterocycles. The third kappa shape index (κ3) is 6.23. The van der Waals surface area contributed by atoms with E-state index < -0.39 is 8.07 Å². The second-order valence-corrected chi connectivity index (χ2v) is 16.1. The van der Waals surface area contributed by atoms with E-state index in [0.717, 1.165) is 34.5 Å². The normalized spacial score (nSPS) is 11.8. The molecule has 0 saturated heterocycles. The average molecular weight is 544 g/mol. The van der Waals surface area contributed by atoms with E-state index in [1.165, 1.54) is 0 Å². The number of rotatable bonds is 11. The molecule has 0 bridgehead atoms. The molecule has 0 fully saturated rings. The number of aromatic nitrogens is 6. The molecule has 0 aliphatic heterocycles. The van der Waals surface area contributed by atoms with Crippen molar-refractivity contribution in [1.82, 2.24) is 29.5 Å². The number of hydrogen-bond donors (Lipinski definition) is 0. The molecule has 198 valence electrons. The van der Waals surface area contributed by atoms with Crippen molar-refractivity contribution in [3.8, 4) is 22.9 Å². The van der Waals surface area contributed by atoms with Gasteiger partial charge >= 0.3 is 0 Å². The Morgan fingerprint density at radius 3 is 2.46 bits per heavy atom. The highest BCUT2D eigenvalue weighted by Crippen LogP contribution is 2.33. The van der Waals surface area contributed by atoms with Crippen molar-refractivity contribution >= 4 is 36.5 Å². The first-order valence-corrected chi connectivity index (χ1v) is 16.1. The molecule has 0 spiro atoms. The molecular formula is C25H34ClN7O3Si. The van der Waals surface area contributed by atoms with E-state index in [0.29, 0.717) is 30.0 Å². The van der Waals surface area contributed by atoms with Gasteiger partial charge in [-0.25, -0.2) is 9.67 Å². The van der Waals surface area contributed by atoms with Crippen LogP contribution in [0, 0.1) is 0 Å². The zero-order valence-electron chi connectivity index (χ0n) is 22.4. The Morgan fingerprint density at radius 1 is 1.03 bits per heavy atom. The monoisotopic (exact) mass is 543 g/mol. The van der Waals surface area contributed by atoms with E-state index in [2.05, 4.69) is 34.7 Å². The van der Waals surface area contributed by atoms with Crippen LogP contribution in [-0.2, 0) is 25.1 Å². The van der Waals surface area contributed by atoms with Crippen LogP contribution in [0.4, 0.5) is 5.82 Å². The first kappa shape index (κ1) is 26.9. The van der Waals surface area contributed by atoms with Crippen LogP contribution in [0.5, 0.6) is 11.5 Å². The second kappa shape index (κ2) is 11.1. The van der Waals surface area contributed by atoms with Crippen molar-refractivity contribution in [2.24, 2.45) is 7.05 Å². The van der Waals surface area contributed by atoms with Crippen molar-refractivity contribution in [3.63, 3.8) is 0 Å². The molecule has 0 aliphatic rings. The Hall–Kier alpha value is -3.15. The molecule has 0 unspecified atom stereocenters. The Balaban J connectivity index is 1.73. The fourth-order valence-corrected chi connectivity index (χ4v) is 4.88. The Morgan fingerprint density at radius 2 is 1.81 bits per heavy atom. The molecule has 0 atom stereocenters. The highest BCUT2D eigenvalue weighted by Gasteiger charge is 2.24. The predicted octanol–water partition coefficient (Wildman–Crippen LogP) is 4.85. The van der Waals surface area contributed by atoms with Gasteiger partial charge in [0.2, 0.25) is 5.28 Å². The minimum absolute atomic E-state index is 0.132. The van der Waals surface area contributed by atoms with Gasteiger partial charge in [-0.05, 0) is 35.8 Å². The molecule has 0 radical (unpaired) electrons. The summed E-state index contributed by atoms with van der Waals surface area (Å²) in [7, 11) is 5.86. The number of anilines is 1. The molecule has 12 heteroatoms. The number of methoxy groups -OCH3 is 2. The van der Waals surface area contributed by atoms with E-state index >= 15 is 0 Å². The molecule has 1 aromatic carbocycles. The smallest absolute Gasteiger partial charge is 0.225 e. The number of fused-ring (bicyclic) bond motifs is 1. The molecule has 3 heterocycles. The van der Waals surface area contributed by atoms with E-state index in [-0.39, 0.29) is 12.0 Å². The Labute approximate surface area is 223 Å². The van der Waals surface area contributed by atoms with Crippen LogP contribution in [-0.4, -0.2) is 65.5 Å². The van der Waals surface area contributed by atoms with Gasteiger partial charge in [0.05, 0.1) is 14.2 Å². The number of hydrogen-bond acceptors (Lipinski definition) is 8. The zero-order chi connectivity index (χ0) is 26.7. The summed E-state index contributed by atoms with van der Waals surface area (Å²) in [6.07, 6.45) is 1.89. The number of benzene rings is 1. The second-order valence-electron chi connectivity index (χ2n) is 10.1. The Bertz CT molecular complexity index is 1380. The summed E-state index contributed by atoms with van der Waals surface area (Å²) in [6, 6.07) is 8.72. The van der Waals surface area contributed by atoms with Crippen LogP contribution in [0.25, 0.3) is 22.4 Å². The summed E-state index contributed by atoms with van der Waals surface area (Å²) < 4.78 is 20.5. The van der Waals surface area contributed by atoms with Gasteiger partial charge in [0.15, 0.2) is 11.3 Å². The van der Waals surface area contributed by atoms with Crippen LogP contribution >= 0.6 is 11.6 Å². The Kier molecular flexibility index (Phi) is 8.05. The zero-order valence-corrected chi connectivity index (χ0v) is 24.2. The quantitative estimate of drug-likeness (QED) is 0.151. The number of nitrogens with zero attached hydrogens (tertiary/aromatic N) is 7. The first-order valence-electron chi connectivity index (χ1n) is 12.0. The highest BCUT2D eigenvalue weighted by molar-refractivity contribution is 6.76. The molecule has 37 heavy (non-hydrogen) atoms. The lowest BCUT2D eigenvalue weighted by molar-refractivity contribution is 0.0802. The summed E-state index contributed by atoms with van der Waals surface area (Å²) in [5.41, 5.74) is 3.68. The fraction of sp³-hybridized carbons (Fsp3) is 0.440. The summed E-state index contributed by atoms with van der Waals surface area (Å²) in [6.45, 7) is 8.44. The van der Waals surface area contributed by atoms with Crippen molar-refractivity contribution in [2.75, 3.05) is 32.8 Å². The minimum atomic E-state index is -1.22. The maximum absolute atomic E-state index is 6.44. The van der Waals surface area contributed by atoms with Crippen LogP contribution in [0.15, 0.2) is 30.5 Å². The number of aryl methyl sites for hydroxylation is 1. The van der Waals surface area contributed by atoms with E-state index in [1.54, 1.807) is 23.6 Å². The van der Waals surface area contributed by atoms with Crippen molar-refractivity contribution < 1.29 is 14.2 Å². The molecule has 10 nitrogen and oxygen atoms in total. The van der Waals surface area contributed by atoms with E-state index in [9.17, 15) is 0 Å². The van der Waals surface area contributed by atoms with Crippen molar-refractivity contribution in [3.05, 3.63) is 41.3 Å². The number of halogens is 1. The third-order valence-corrected chi connectivity index (χ3v) is 7.84. The lowest BCUT2D eigenvalue weighted by Gasteiger charge is -2.20. The largest absolute Gasteiger partial charge is 0.497 e. The first-order chi connectivity index (χ1) is 17.6. The molecule has 4 rings (SSSR count). The van der Waals surface area contributed by atoms with Gasteiger partial charge in [0, 0.05) is 53.1 Å². The molecule has 0 saturated carbocycles. The summed E-state index contributed by atoms with van der Waals surface area (Å²) >= 11 is 6.44. The molecular weight excluding hydrogens is 510 g/mol. The number of ether oxygens (including phenoxy) is 3. The van der Waals surface area contributed by atoms with Gasteiger partial charge in [-0.1, -0.05) is 19.6 Å². The van der Waals surface area contributed by atoms with E-state index in [4.69, 9.17) is 30.9 Å². The summed E-state index contributed by atoms with van der Waals surface area (Å²) in [4.78, 5) is 11.1. The molecule has 0 N–H and O–H groups in total. The summed E-state index contributed by atoms with van der Waals surface area (Å²) in [5, 5.41) is 9.62. The van der Waals surface area contributed by atoms with Crippen LogP contribution in [0.1, 0.15) is 5.56 Å². The molecule has 0 amide bonds. The highest BCUT2D eigenvalue weighted by atomic mass is 35.5. The van der Waals surface area contributed by atoms with Crippen molar-refractivity contribution in [2.45, 2.75) is 39.0 Å². The van der Waals surface area contributed by atoms with Crippen LogP contribution in [0.2, 0.25) is 31.0 Å². The van der Waals surface area contributed by atoms with Gasteiger partial charge in [0.25, 0.3) is 0 Å². The van der Waals surface area contributed by atoms with Gasteiger partial charge in [-0.3, -0.25) is 4.68 Å². The maximum Gasteiger partial charge on any atom is 0.225 e. The van der Waals surface area contributed by atoms with Gasteiger partial charge in [-0.2, -0.15) is 15.2 Å². The average Bonchev–Trinajstić information content (AvgIpc) is 3.43. The lowest BCUT2D eigenvalue weighted by atomic mass is 10.1. The van der Waals surface area contributed by atoms with Gasteiger partial charge in [0.1, 0.15) is 35.1 Å². The predicted molar refractivity (Wildman–Crippen MR) is 148 cm³/mol. The van der Waals surface area contributed by atoms with Gasteiger partial charge in [-0.15, -0.1) is 0 Å². The maximum atomic E-state index is 6.44. The SMILES string of the molecule is COc1ccc(CN(C)c2nc(Cl)nc3c(-c4ccn(C)n4)n(COCC[Si](C)(C)C)nc23)c(OC)c1. The van der Waals surface area contributed by atoms with Crippen LogP contribution < -0.4 is 14.4 Å². The van der Waals surface area contributed by atoms with Crippen molar-refractivity contribution in [1.29, 1.82) is 0 Å². The summed E-state index contributed by atoms with van der Waals surface area (Å²) in [5.74, 6) is 2.05. The fourth-order valence-electron chi connectivity index (χ4n) is 3.96. The third-order valence-electron chi connectivity index (χ3n) is 5.97. The lowest BCUT2D eigenvalue weighted by Crippen LogP contribution is -2.22. The minimum Gasteiger partial charge on any atom is -0.497 e. The molecule has 4 aromatic rings. The van der Waals surface area contributed by atoms with E-state index in [1.807, 2.05) is 49.5 Å². The topological polar surface area (TPSA) is 92.4 Å². The van der Waals surface area contributed by atoms with Crippen LogP contribution in [0.3, 0.4) is 0 Å². The molecule has 0 aliphatic carbocycles. The standard InChI is InChI=1S/C25H34ClN7O3Si/c1-31(15-17-8-9-18(34-3)14-20(17)35-4)24-22-21(27-25(26)28-24)23(19-10-11-32(2)29-19)33(30-22)16-36-12-13-37(5,6)7/h8-11,14H,12-13,15-16H2,1-7H3. The van der Waals surface area contributed by atoms with Gasteiger partial charge < -0.3 is 19.1 Å².